The van der Waals surface area contributed by atoms with E-state index in [-0.39, 0.29) is 23.3 Å². The third-order valence-corrected chi connectivity index (χ3v) is 4.95. The van der Waals surface area contributed by atoms with E-state index in [0.717, 1.165) is 12.8 Å². The van der Waals surface area contributed by atoms with Crippen molar-refractivity contribution in [2.75, 3.05) is 26.8 Å². The smallest absolute Gasteiger partial charge is 0.226 e. The van der Waals surface area contributed by atoms with Gasteiger partial charge in [-0.2, -0.15) is 0 Å². The molecule has 2 N–H and O–H groups in total. The molecule has 0 heterocycles. The molecule has 0 aromatic carbocycles. The molecule has 1 aliphatic carbocycles. The lowest BCUT2D eigenvalue weighted by Crippen LogP contribution is -2.52. The molecular formula is C15H30N2O2. The fraction of sp³-hybridized carbons (Fsp3) is 0.933. The SMILES string of the molecule is CCOCCN(C)C(=O)C1CCC(N)C(C)C1(C)C. The first kappa shape index (κ1) is 16.4. The molecule has 0 radical (unpaired) electrons. The maximum Gasteiger partial charge on any atom is 0.226 e. The van der Waals surface area contributed by atoms with Gasteiger partial charge in [-0.3, -0.25) is 4.79 Å². The standard InChI is InChI=1S/C15H30N2O2/c1-6-19-10-9-17(5)14(18)12-7-8-13(16)11(2)15(12,3)4/h11-13H,6-10,16H2,1-5H3. The quantitative estimate of drug-likeness (QED) is 0.776. The Bertz CT molecular complexity index is 305. The Morgan fingerprint density at radius 3 is 2.63 bits per heavy atom. The topological polar surface area (TPSA) is 55.6 Å². The number of nitrogens with two attached hydrogens (primary N) is 1. The molecular weight excluding hydrogens is 240 g/mol. The number of hydrogen-bond donors (Lipinski definition) is 1. The highest BCUT2D eigenvalue weighted by Gasteiger charge is 2.45. The summed E-state index contributed by atoms with van der Waals surface area (Å²) >= 11 is 0. The zero-order valence-corrected chi connectivity index (χ0v) is 13.1. The number of nitrogens with zero attached hydrogens (tertiary/aromatic N) is 1. The van der Waals surface area contributed by atoms with Crippen LogP contribution < -0.4 is 5.73 Å². The molecule has 0 aromatic heterocycles. The average Bonchev–Trinajstić information content (AvgIpc) is 2.35. The van der Waals surface area contributed by atoms with Crippen LogP contribution in [-0.2, 0) is 9.53 Å². The summed E-state index contributed by atoms with van der Waals surface area (Å²) in [5.74, 6) is 0.688. The second-order valence-corrected chi connectivity index (χ2v) is 6.36. The van der Waals surface area contributed by atoms with E-state index in [0.29, 0.717) is 25.7 Å². The van der Waals surface area contributed by atoms with E-state index in [1.165, 1.54) is 0 Å². The van der Waals surface area contributed by atoms with Crippen LogP contribution in [-0.4, -0.2) is 43.7 Å². The Balaban J connectivity index is 2.65. The van der Waals surface area contributed by atoms with E-state index in [4.69, 9.17) is 10.5 Å². The van der Waals surface area contributed by atoms with Crippen LogP contribution in [0.3, 0.4) is 0 Å². The van der Waals surface area contributed by atoms with Gasteiger partial charge in [-0.1, -0.05) is 20.8 Å². The lowest BCUT2D eigenvalue weighted by molar-refractivity contribution is -0.142. The Kier molecular flexibility index (Phi) is 5.81. The van der Waals surface area contributed by atoms with Crippen molar-refractivity contribution in [1.82, 2.24) is 4.90 Å². The Labute approximate surface area is 117 Å². The van der Waals surface area contributed by atoms with Gasteiger partial charge < -0.3 is 15.4 Å². The average molecular weight is 270 g/mol. The van der Waals surface area contributed by atoms with Crippen molar-refractivity contribution in [3.8, 4) is 0 Å². The number of carbonyl (C=O) groups is 1. The number of amides is 1. The van der Waals surface area contributed by atoms with Crippen LogP contribution in [0.2, 0.25) is 0 Å². The van der Waals surface area contributed by atoms with Gasteiger partial charge in [0.05, 0.1) is 6.61 Å². The van der Waals surface area contributed by atoms with Crippen LogP contribution in [0.5, 0.6) is 0 Å². The van der Waals surface area contributed by atoms with Gasteiger partial charge in [0, 0.05) is 32.2 Å². The van der Waals surface area contributed by atoms with Crippen LogP contribution in [0.1, 0.15) is 40.5 Å². The van der Waals surface area contributed by atoms with E-state index in [1.54, 1.807) is 0 Å². The van der Waals surface area contributed by atoms with Crippen molar-refractivity contribution < 1.29 is 9.53 Å². The highest BCUT2D eigenvalue weighted by Crippen LogP contribution is 2.44. The van der Waals surface area contributed by atoms with E-state index in [9.17, 15) is 4.79 Å². The van der Waals surface area contributed by atoms with Crippen LogP contribution in [0.15, 0.2) is 0 Å². The molecule has 4 nitrogen and oxygen atoms in total. The molecule has 3 unspecified atom stereocenters. The maximum atomic E-state index is 12.6. The predicted octanol–water partition coefficient (Wildman–Crippen LogP) is 1.88. The second-order valence-electron chi connectivity index (χ2n) is 6.36. The molecule has 3 atom stereocenters. The highest BCUT2D eigenvalue weighted by molar-refractivity contribution is 5.79. The molecule has 112 valence electrons. The first-order valence-corrected chi connectivity index (χ1v) is 7.40. The van der Waals surface area contributed by atoms with Gasteiger partial charge in [0.2, 0.25) is 5.91 Å². The lowest BCUT2D eigenvalue weighted by atomic mass is 9.61. The largest absolute Gasteiger partial charge is 0.380 e. The number of likely N-dealkylation sites (N-methyl/N-ethyl adjacent to an activating group) is 1. The van der Waals surface area contributed by atoms with Gasteiger partial charge in [-0.25, -0.2) is 0 Å². The van der Waals surface area contributed by atoms with Crippen molar-refractivity contribution in [1.29, 1.82) is 0 Å². The minimum Gasteiger partial charge on any atom is -0.380 e. The summed E-state index contributed by atoms with van der Waals surface area (Å²) in [4.78, 5) is 14.4. The van der Waals surface area contributed by atoms with E-state index < -0.39 is 0 Å². The third-order valence-electron chi connectivity index (χ3n) is 4.95. The lowest BCUT2D eigenvalue weighted by Gasteiger charge is -2.47. The second kappa shape index (κ2) is 6.71. The third kappa shape index (κ3) is 3.69. The van der Waals surface area contributed by atoms with Crippen molar-refractivity contribution >= 4 is 5.91 Å². The van der Waals surface area contributed by atoms with E-state index in [2.05, 4.69) is 20.8 Å². The Hall–Kier alpha value is -0.610. The molecule has 4 heteroatoms. The molecule has 0 bridgehead atoms. The minimum atomic E-state index is -0.0331. The molecule has 0 aliphatic heterocycles. The van der Waals surface area contributed by atoms with Crippen LogP contribution in [0.25, 0.3) is 0 Å². The number of carbonyl (C=O) groups excluding carboxylic acids is 1. The summed E-state index contributed by atoms with van der Waals surface area (Å²) in [6, 6.07) is 0.216. The van der Waals surface area contributed by atoms with Gasteiger partial charge in [-0.05, 0) is 31.1 Å². The first-order valence-electron chi connectivity index (χ1n) is 7.40. The number of hydrogen-bond acceptors (Lipinski definition) is 3. The Morgan fingerprint density at radius 2 is 2.05 bits per heavy atom. The highest BCUT2D eigenvalue weighted by atomic mass is 16.5. The van der Waals surface area contributed by atoms with Crippen molar-refractivity contribution in [3.05, 3.63) is 0 Å². The van der Waals surface area contributed by atoms with Crippen molar-refractivity contribution in [2.45, 2.75) is 46.6 Å². The van der Waals surface area contributed by atoms with Gasteiger partial charge >= 0.3 is 0 Å². The summed E-state index contributed by atoms with van der Waals surface area (Å²) in [5, 5.41) is 0. The van der Waals surface area contributed by atoms with Crippen molar-refractivity contribution in [2.24, 2.45) is 23.0 Å². The number of rotatable bonds is 5. The van der Waals surface area contributed by atoms with Gasteiger partial charge in [0.1, 0.15) is 0 Å². The molecule has 0 aromatic rings. The minimum absolute atomic E-state index is 0.0331. The fourth-order valence-corrected chi connectivity index (χ4v) is 3.01. The molecule has 0 saturated heterocycles. The van der Waals surface area contributed by atoms with Crippen molar-refractivity contribution in [3.63, 3.8) is 0 Å². The zero-order valence-electron chi connectivity index (χ0n) is 13.1. The van der Waals surface area contributed by atoms with E-state index >= 15 is 0 Å². The monoisotopic (exact) mass is 270 g/mol. The molecule has 1 amide bonds. The van der Waals surface area contributed by atoms with Crippen LogP contribution in [0.4, 0.5) is 0 Å². The predicted molar refractivity (Wildman–Crippen MR) is 77.8 cm³/mol. The first-order chi connectivity index (χ1) is 8.82. The number of ether oxygens (including phenoxy) is 1. The molecule has 1 saturated carbocycles. The normalized spacial score (nSPS) is 30.1. The molecule has 0 spiro atoms. The van der Waals surface area contributed by atoms with Gasteiger partial charge in [0.25, 0.3) is 0 Å². The molecule has 1 rings (SSSR count). The Morgan fingerprint density at radius 1 is 1.42 bits per heavy atom. The van der Waals surface area contributed by atoms with Crippen LogP contribution >= 0.6 is 0 Å². The molecule has 1 fully saturated rings. The van der Waals surface area contributed by atoms with Gasteiger partial charge in [-0.15, -0.1) is 0 Å². The maximum absolute atomic E-state index is 12.6. The van der Waals surface area contributed by atoms with E-state index in [1.807, 2.05) is 18.9 Å². The molecule has 19 heavy (non-hydrogen) atoms. The summed E-state index contributed by atoms with van der Waals surface area (Å²) in [6.45, 7) is 10.5. The molecule has 1 aliphatic rings. The van der Waals surface area contributed by atoms with Crippen LogP contribution in [0, 0.1) is 17.3 Å². The summed E-state index contributed by atoms with van der Waals surface area (Å²) in [7, 11) is 1.87. The summed E-state index contributed by atoms with van der Waals surface area (Å²) < 4.78 is 5.32. The summed E-state index contributed by atoms with van der Waals surface area (Å²) in [6.07, 6.45) is 1.84. The fourth-order valence-electron chi connectivity index (χ4n) is 3.01. The zero-order chi connectivity index (χ0) is 14.6. The summed E-state index contributed by atoms with van der Waals surface area (Å²) in [5.41, 5.74) is 6.11. The van der Waals surface area contributed by atoms with Gasteiger partial charge in [0.15, 0.2) is 0 Å².